The summed E-state index contributed by atoms with van der Waals surface area (Å²) in [6.07, 6.45) is 0.166. The Hall–Kier alpha value is -2.87. The number of sulfonamides is 1. The monoisotopic (exact) mass is 486 g/mol. The number of nitrogens with one attached hydrogen (secondary N) is 2. The molecule has 0 aliphatic rings. The molecule has 8 heteroatoms. The quantitative estimate of drug-likeness (QED) is 0.445. The zero-order chi connectivity index (χ0) is 24.0. The normalized spacial score (nSPS) is 12.4. The number of amides is 1. The van der Waals surface area contributed by atoms with Gasteiger partial charge in [0.2, 0.25) is 15.9 Å². The largest absolute Gasteiger partial charge is 0.495 e. The molecule has 0 aliphatic carbocycles. The Labute approximate surface area is 200 Å². The van der Waals surface area contributed by atoms with Gasteiger partial charge >= 0.3 is 0 Å². The molecule has 2 N–H and O–H groups in total. The molecule has 0 aliphatic heterocycles. The average molecular weight is 487 g/mol. The van der Waals surface area contributed by atoms with Gasteiger partial charge in [0.15, 0.2) is 0 Å². The highest BCUT2D eigenvalue weighted by atomic mass is 35.5. The number of carbonyl (C=O) groups excluding carboxylic acids is 1. The first kappa shape index (κ1) is 24.8. The van der Waals surface area contributed by atoms with E-state index in [-0.39, 0.29) is 22.1 Å². The van der Waals surface area contributed by atoms with E-state index in [4.69, 9.17) is 16.3 Å². The standard InChI is InChI=1S/C25H27ClN2O4S/c1-17(2)19-9-12-21(13-10-19)27-25(29)22(15-18-7-5-4-6-8-18)28-33(30,31)24-16-20(26)11-14-23(24)32-3/h4-14,16-17,22,28H,15H2,1-3H3,(H,27,29)/t22-/m1/s1. The Morgan fingerprint density at radius 3 is 2.27 bits per heavy atom. The Balaban J connectivity index is 1.89. The molecule has 0 bridgehead atoms. The van der Waals surface area contributed by atoms with Crippen molar-refractivity contribution in [2.75, 3.05) is 12.4 Å². The summed E-state index contributed by atoms with van der Waals surface area (Å²) >= 11 is 6.02. The zero-order valence-electron chi connectivity index (χ0n) is 18.7. The van der Waals surface area contributed by atoms with Gasteiger partial charge < -0.3 is 10.1 Å². The second-order valence-electron chi connectivity index (χ2n) is 7.92. The summed E-state index contributed by atoms with van der Waals surface area (Å²) in [5.74, 6) is 0.0239. The summed E-state index contributed by atoms with van der Waals surface area (Å²) < 4.78 is 34.1. The maximum absolute atomic E-state index is 13.2. The van der Waals surface area contributed by atoms with E-state index in [1.807, 2.05) is 42.5 Å². The van der Waals surface area contributed by atoms with Gasteiger partial charge in [-0.1, -0.05) is 67.9 Å². The third kappa shape index (κ3) is 6.57. The van der Waals surface area contributed by atoms with Crippen LogP contribution in [0, 0.1) is 0 Å². The predicted octanol–water partition coefficient (Wildman–Crippen LogP) is 5.00. The molecule has 0 heterocycles. The molecule has 3 aromatic carbocycles. The number of hydrogen-bond donors (Lipinski definition) is 2. The molecule has 1 atom stereocenters. The summed E-state index contributed by atoms with van der Waals surface area (Å²) in [5, 5.41) is 3.06. The molecule has 1 amide bonds. The van der Waals surface area contributed by atoms with Crippen LogP contribution >= 0.6 is 11.6 Å². The molecular formula is C25H27ClN2O4S. The molecule has 3 rings (SSSR count). The van der Waals surface area contributed by atoms with Crippen molar-refractivity contribution in [3.63, 3.8) is 0 Å². The van der Waals surface area contributed by atoms with Crippen molar-refractivity contribution in [1.29, 1.82) is 0 Å². The van der Waals surface area contributed by atoms with E-state index in [1.54, 1.807) is 12.1 Å². The SMILES string of the molecule is COc1ccc(Cl)cc1S(=O)(=O)N[C@H](Cc1ccccc1)C(=O)Nc1ccc(C(C)C)cc1. The fourth-order valence-corrected chi connectivity index (χ4v) is 4.96. The Kier molecular flexibility index (Phi) is 8.13. The number of hydrogen-bond acceptors (Lipinski definition) is 4. The number of rotatable bonds is 9. The molecule has 0 aromatic heterocycles. The maximum atomic E-state index is 13.2. The minimum Gasteiger partial charge on any atom is -0.495 e. The van der Waals surface area contributed by atoms with Crippen LogP contribution in [0.3, 0.4) is 0 Å². The number of carbonyl (C=O) groups is 1. The highest BCUT2D eigenvalue weighted by Gasteiger charge is 2.28. The van der Waals surface area contributed by atoms with Crippen LogP contribution in [0.25, 0.3) is 0 Å². The van der Waals surface area contributed by atoms with E-state index >= 15 is 0 Å². The summed E-state index contributed by atoms with van der Waals surface area (Å²) in [7, 11) is -2.75. The number of methoxy groups -OCH3 is 1. The molecule has 6 nitrogen and oxygen atoms in total. The number of ether oxygens (including phenoxy) is 1. The van der Waals surface area contributed by atoms with Crippen LogP contribution in [-0.4, -0.2) is 27.5 Å². The van der Waals surface area contributed by atoms with Crippen LogP contribution in [0.15, 0.2) is 77.7 Å². The summed E-state index contributed by atoms with van der Waals surface area (Å²) in [6.45, 7) is 4.17. The van der Waals surface area contributed by atoms with Crippen LogP contribution in [-0.2, 0) is 21.2 Å². The fraction of sp³-hybridized carbons (Fsp3) is 0.240. The lowest BCUT2D eigenvalue weighted by Crippen LogP contribution is -2.45. The van der Waals surface area contributed by atoms with E-state index in [0.717, 1.165) is 11.1 Å². The minimum absolute atomic E-state index is 0.134. The molecule has 0 saturated carbocycles. The van der Waals surface area contributed by atoms with Crippen LogP contribution in [0.1, 0.15) is 30.9 Å². The van der Waals surface area contributed by atoms with Gasteiger partial charge in [-0.05, 0) is 53.8 Å². The summed E-state index contributed by atoms with van der Waals surface area (Å²) in [6, 6.07) is 19.9. The molecule has 0 saturated heterocycles. The Morgan fingerprint density at radius 2 is 1.67 bits per heavy atom. The van der Waals surface area contributed by atoms with Gasteiger partial charge in [0.1, 0.15) is 16.7 Å². The van der Waals surface area contributed by atoms with Gasteiger partial charge in [0.25, 0.3) is 0 Å². The van der Waals surface area contributed by atoms with Crippen molar-refractivity contribution in [3.05, 3.63) is 88.9 Å². The smallest absolute Gasteiger partial charge is 0.245 e. The van der Waals surface area contributed by atoms with Crippen molar-refractivity contribution in [2.45, 2.75) is 37.1 Å². The van der Waals surface area contributed by atoms with E-state index in [9.17, 15) is 13.2 Å². The first-order valence-electron chi connectivity index (χ1n) is 10.5. The lowest BCUT2D eigenvalue weighted by atomic mass is 10.0. The van der Waals surface area contributed by atoms with Crippen LogP contribution in [0.4, 0.5) is 5.69 Å². The predicted molar refractivity (Wildman–Crippen MR) is 131 cm³/mol. The average Bonchev–Trinajstić information content (AvgIpc) is 2.79. The van der Waals surface area contributed by atoms with Gasteiger partial charge in [0, 0.05) is 10.7 Å². The van der Waals surface area contributed by atoms with Crippen molar-refractivity contribution >= 4 is 33.2 Å². The van der Waals surface area contributed by atoms with Crippen LogP contribution in [0.5, 0.6) is 5.75 Å². The fourth-order valence-electron chi connectivity index (χ4n) is 3.33. The van der Waals surface area contributed by atoms with Gasteiger partial charge in [-0.25, -0.2) is 8.42 Å². The Bertz CT molecular complexity index is 1200. The molecule has 0 radical (unpaired) electrons. The van der Waals surface area contributed by atoms with E-state index in [2.05, 4.69) is 23.9 Å². The van der Waals surface area contributed by atoms with Gasteiger partial charge in [0.05, 0.1) is 7.11 Å². The minimum atomic E-state index is -4.12. The topological polar surface area (TPSA) is 84.5 Å². The van der Waals surface area contributed by atoms with Crippen LogP contribution in [0.2, 0.25) is 5.02 Å². The molecule has 0 fully saturated rings. The van der Waals surface area contributed by atoms with Gasteiger partial charge in [-0.15, -0.1) is 0 Å². The Morgan fingerprint density at radius 1 is 1.00 bits per heavy atom. The molecule has 0 unspecified atom stereocenters. The van der Waals surface area contributed by atoms with Crippen molar-refractivity contribution in [1.82, 2.24) is 4.72 Å². The maximum Gasteiger partial charge on any atom is 0.245 e. The van der Waals surface area contributed by atoms with Crippen molar-refractivity contribution < 1.29 is 17.9 Å². The second-order valence-corrected chi connectivity index (χ2v) is 10.0. The number of anilines is 1. The summed E-state index contributed by atoms with van der Waals surface area (Å²) in [5.41, 5.74) is 2.54. The zero-order valence-corrected chi connectivity index (χ0v) is 20.3. The highest BCUT2D eigenvalue weighted by molar-refractivity contribution is 7.89. The lowest BCUT2D eigenvalue weighted by Gasteiger charge is -2.20. The third-order valence-corrected chi connectivity index (χ3v) is 6.88. The van der Waals surface area contributed by atoms with E-state index < -0.39 is 22.0 Å². The van der Waals surface area contributed by atoms with Crippen molar-refractivity contribution in [3.8, 4) is 5.75 Å². The molecule has 0 spiro atoms. The van der Waals surface area contributed by atoms with Gasteiger partial charge in [-0.2, -0.15) is 4.72 Å². The first-order valence-corrected chi connectivity index (χ1v) is 12.4. The first-order chi connectivity index (χ1) is 15.7. The second kappa shape index (κ2) is 10.8. The van der Waals surface area contributed by atoms with Crippen molar-refractivity contribution in [2.24, 2.45) is 0 Å². The lowest BCUT2D eigenvalue weighted by molar-refractivity contribution is -0.117. The molecule has 33 heavy (non-hydrogen) atoms. The van der Waals surface area contributed by atoms with E-state index in [1.165, 1.54) is 25.3 Å². The molecule has 3 aromatic rings. The molecule has 174 valence electrons. The number of halogens is 1. The third-order valence-electron chi connectivity index (χ3n) is 5.16. The van der Waals surface area contributed by atoms with Gasteiger partial charge in [-0.3, -0.25) is 4.79 Å². The highest BCUT2D eigenvalue weighted by Crippen LogP contribution is 2.27. The van der Waals surface area contributed by atoms with Crippen LogP contribution < -0.4 is 14.8 Å². The summed E-state index contributed by atoms with van der Waals surface area (Å²) in [4.78, 5) is 13.0. The number of benzene rings is 3. The van der Waals surface area contributed by atoms with E-state index in [0.29, 0.717) is 11.6 Å². The molecular weight excluding hydrogens is 460 g/mol.